The van der Waals surface area contributed by atoms with Crippen LogP contribution in [0.15, 0.2) is 0 Å². The molecule has 0 saturated carbocycles. The van der Waals surface area contributed by atoms with Crippen LogP contribution in [-0.2, 0) is 19.0 Å². The Kier molecular flexibility index (Phi) is 14.0. The fraction of sp³-hybridized carbons (Fsp3) is 0.929. The van der Waals surface area contributed by atoms with Crippen molar-refractivity contribution < 1.29 is 19.0 Å². The van der Waals surface area contributed by atoms with Gasteiger partial charge in [-0.3, -0.25) is 4.79 Å². The zero-order valence-electron chi connectivity index (χ0n) is 11.9. The Bertz CT molecular complexity index is 183. The predicted molar refractivity (Wildman–Crippen MR) is 71.6 cm³/mol. The Morgan fingerprint density at radius 3 is 2.22 bits per heavy atom. The summed E-state index contributed by atoms with van der Waals surface area (Å²) in [6, 6.07) is 0. The van der Waals surface area contributed by atoms with Crippen LogP contribution in [0.3, 0.4) is 0 Å². The van der Waals surface area contributed by atoms with Gasteiger partial charge >= 0.3 is 5.97 Å². The van der Waals surface area contributed by atoms with Crippen LogP contribution in [0.1, 0.15) is 52.4 Å². The molecule has 0 fully saturated rings. The highest BCUT2D eigenvalue weighted by atomic mass is 16.6. The molecule has 0 rings (SSSR count). The lowest BCUT2D eigenvalue weighted by Crippen LogP contribution is -2.12. The summed E-state index contributed by atoms with van der Waals surface area (Å²) in [6.45, 7) is 6.79. The van der Waals surface area contributed by atoms with Crippen molar-refractivity contribution in [2.24, 2.45) is 0 Å². The molecule has 0 radical (unpaired) electrons. The summed E-state index contributed by atoms with van der Waals surface area (Å²) in [4.78, 5) is 11.3. The molecule has 0 bridgehead atoms. The van der Waals surface area contributed by atoms with Gasteiger partial charge in [0.15, 0.2) is 0 Å². The summed E-state index contributed by atoms with van der Waals surface area (Å²) < 4.78 is 15.4. The molecule has 0 aromatic carbocycles. The first-order valence-corrected chi connectivity index (χ1v) is 7.12. The minimum absolute atomic E-state index is 0.111. The third kappa shape index (κ3) is 13.5. The second-order valence-electron chi connectivity index (χ2n) is 4.19. The molecule has 0 N–H and O–H groups in total. The van der Waals surface area contributed by atoms with Crippen molar-refractivity contribution in [1.82, 2.24) is 0 Å². The van der Waals surface area contributed by atoms with Crippen LogP contribution in [0.5, 0.6) is 0 Å². The zero-order valence-corrected chi connectivity index (χ0v) is 11.9. The average molecular weight is 260 g/mol. The molecule has 0 aliphatic carbocycles. The van der Waals surface area contributed by atoms with Gasteiger partial charge in [0, 0.05) is 13.0 Å². The number of ether oxygens (including phenoxy) is 3. The Morgan fingerprint density at radius 1 is 0.833 bits per heavy atom. The van der Waals surface area contributed by atoms with Gasteiger partial charge in [0.25, 0.3) is 0 Å². The van der Waals surface area contributed by atoms with Gasteiger partial charge < -0.3 is 14.2 Å². The maximum atomic E-state index is 11.3. The van der Waals surface area contributed by atoms with E-state index in [0.29, 0.717) is 39.5 Å². The third-order valence-corrected chi connectivity index (χ3v) is 2.55. The second-order valence-corrected chi connectivity index (χ2v) is 4.19. The average Bonchev–Trinajstić information content (AvgIpc) is 2.37. The summed E-state index contributed by atoms with van der Waals surface area (Å²) >= 11 is 0. The van der Waals surface area contributed by atoms with Crippen molar-refractivity contribution in [3.05, 3.63) is 0 Å². The first-order chi connectivity index (χ1) is 8.81. The zero-order chi connectivity index (χ0) is 13.5. The summed E-state index contributed by atoms with van der Waals surface area (Å²) in [5.74, 6) is -0.111. The number of unbranched alkanes of at least 4 members (excludes halogenated alkanes) is 4. The molecule has 0 amide bonds. The fourth-order valence-corrected chi connectivity index (χ4v) is 1.52. The molecule has 0 saturated heterocycles. The lowest BCUT2D eigenvalue weighted by atomic mass is 10.1. The lowest BCUT2D eigenvalue weighted by molar-refractivity contribution is -0.145. The van der Waals surface area contributed by atoms with Crippen molar-refractivity contribution in [1.29, 1.82) is 0 Å². The maximum Gasteiger partial charge on any atom is 0.305 e. The van der Waals surface area contributed by atoms with Gasteiger partial charge in [-0.2, -0.15) is 0 Å². The largest absolute Gasteiger partial charge is 0.463 e. The van der Waals surface area contributed by atoms with E-state index in [4.69, 9.17) is 14.2 Å². The van der Waals surface area contributed by atoms with E-state index in [1.54, 1.807) is 0 Å². The number of esters is 1. The monoisotopic (exact) mass is 260 g/mol. The summed E-state index contributed by atoms with van der Waals surface area (Å²) in [5, 5.41) is 0. The van der Waals surface area contributed by atoms with Gasteiger partial charge in [-0.15, -0.1) is 0 Å². The summed E-state index contributed by atoms with van der Waals surface area (Å²) in [6.07, 6.45) is 6.27. The van der Waals surface area contributed by atoms with E-state index in [1.807, 2.05) is 6.92 Å². The van der Waals surface area contributed by atoms with Crippen LogP contribution in [0.2, 0.25) is 0 Å². The van der Waals surface area contributed by atoms with E-state index in [1.165, 1.54) is 19.3 Å². The van der Waals surface area contributed by atoms with E-state index in [9.17, 15) is 4.79 Å². The molecule has 0 heterocycles. The van der Waals surface area contributed by atoms with Crippen molar-refractivity contribution in [3.63, 3.8) is 0 Å². The van der Waals surface area contributed by atoms with E-state index < -0.39 is 0 Å². The SMILES string of the molecule is CCCCCCCC(=O)OCCOCCOCC. The van der Waals surface area contributed by atoms with Crippen LogP contribution < -0.4 is 0 Å². The highest BCUT2D eigenvalue weighted by Crippen LogP contribution is 2.05. The van der Waals surface area contributed by atoms with Crippen molar-refractivity contribution in [3.8, 4) is 0 Å². The second kappa shape index (κ2) is 14.5. The molecule has 0 aliphatic heterocycles. The topological polar surface area (TPSA) is 44.8 Å². The molecule has 4 heteroatoms. The van der Waals surface area contributed by atoms with Gasteiger partial charge in [-0.05, 0) is 13.3 Å². The van der Waals surface area contributed by atoms with Gasteiger partial charge in [0.1, 0.15) is 6.61 Å². The molecule has 0 unspecified atom stereocenters. The van der Waals surface area contributed by atoms with Crippen molar-refractivity contribution in [2.45, 2.75) is 52.4 Å². The van der Waals surface area contributed by atoms with Crippen LogP contribution in [0, 0.1) is 0 Å². The standard InChI is InChI=1S/C14H28O4/c1-3-5-6-7-8-9-14(15)18-13-12-17-11-10-16-4-2/h3-13H2,1-2H3. The molecule has 18 heavy (non-hydrogen) atoms. The van der Waals surface area contributed by atoms with Crippen molar-refractivity contribution in [2.75, 3.05) is 33.0 Å². The van der Waals surface area contributed by atoms with E-state index in [2.05, 4.69) is 6.92 Å². The van der Waals surface area contributed by atoms with Gasteiger partial charge in [-0.1, -0.05) is 32.6 Å². The predicted octanol–water partition coefficient (Wildman–Crippen LogP) is 2.94. The first-order valence-electron chi connectivity index (χ1n) is 7.12. The highest BCUT2D eigenvalue weighted by Gasteiger charge is 2.02. The lowest BCUT2D eigenvalue weighted by Gasteiger charge is -2.06. The van der Waals surface area contributed by atoms with E-state index in [-0.39, 0.29) is 5.97 Å². The third-order valence-electron chi connectivity index (χ3n) is 2.55. The smallest absolute Gasteiger partial charge is 0.305 e. The number of carbonyl (C=O) groups is 1. The maximum absolute atomic E-state index is 11.3. The summed E-state index contributed by atoms with van der Waals surface area (Å²) in [7, 11) is 0. The molecule has 0 aromatic rings. The van der Waals surface area contributed by atoms with Crippen LogP contribution in [-0.4, -0.2) is 39.0 Å². The van der Waals surface area contributed by atoms with Gasteiger partial charge in [0.05, 0.1) is 19.8 Å². The number of hydrogen-bond acceptors (Lipinski definition) is 4. The molecule has 0 aromatic heterocycles. The highest BCUT2D eigenvalue weighted by molar-refractivity contribution is 5.69. The molecule has 0 aliphatic rings. The quantitative estimate of drug-likeness (QED) is 0.377. The molecular weight excluding hydrogens is 232 g/mol. The Balaban J connectivity index is 3.12. The first kappa shape index (κ1) is 17.4. The Morgan fingerprint density at radius 2 is 1.50 bits per heavy atom. The minimum Gasteiger partial charge on any atom is -0.463 e. The number of rotatable bonds is 13. The molecule has 4 nitrogen and oxygen atoms in total. The van der Waals surface area contributed by atoms with Crippen LogP contribution in [0.4, 0.5) is 0 Å². The minimum atomic E-state index is -0.111. The Labute approximate surface area is 111 Å². The number of carbonyl (C=O) groups excluding carboxylic acids is 1. The van der Waals surface area contributed by atoms with Crippen LogP contribution in [0.25, 0.3) is 0 Å². The summed E-state index contributed by atoms with van der Waals surface area (Å²) in [5.41, 5.74) is 0. The molecule has 0 atom stereocenters. The molecule has 0 spiro atoms. The normalized spacial score (nSPS) is 10.6. The van der Waals surface area contributed by atoms with Crippen LogP contribution >= 0.6 is 0 Å². The van der Waals surface area contributed by atoms with E-state index in [0.717, 1.165) is 12.8 Å². The van der Waals surface area contributed by atoms with E-state index >= 15 is 0 Å². The molecule has 108 valence electrons. The fourth-order valence-electron chi connectivity index (χ4n) is 1.52. The molecular formula is C14H28O4. The van der Waals surface area contributed by atoms with Crippen molar-refractivity contribution >= 4 is 5.97 Å². The number of hydrogen-bond donors (Lipinski definition) is 0. The van der Waals surface area contributed by atoms with Gasteiger partial charge in [0.2, 0.25) is 0 Å². The Hall–Kier alpha value is -0.610. The van der Waals surface area contributed by atoms with Gasteiger partial charge in [-0.25, -0.2) is 0 Å².